The van der Waals surface area contributed by atoms with Crippen molar-refractivity contribution in [3.05, 3.63) is 65.7 Å². The topological polar surface area (TPSA) is 38.3 Å². The van der Waals surface area contributed by atoms with Gasteiger partial charge in [-0.05, 0) is 59.7 Å². The highest BCUT2D eigenvalue weighted by Gasteiger charge is 2.16. The second-order valence-corrected chi connectivity index (χ2v) is 7.17. The standard InChI is InChI=1S/C21H19NO2S/c1-24-16-8-10-17(11-9-16)25-13-20(23)22-19-12-7-15-6-5-14-3-2-4-18(19)21(14)15/h2-4,7-12H,5-6,13H2,1H3,(H,22,23). The Morgan fingerprint density at radius 3 is 2.56 bits per heavy atom. The van der Waals surface area contributed by atoms with Gasteiger partial charge >= 0.3 is 0 Å². The molecule has 0 unspecified atom stereocenters. The minimum atomic E-state index is 0.0134. The highest BCUT2D eigenvalue weighted by molar-refractivity contribution is 8.00. The second-order valence-electron chi connectivity index (χ2n) is 6.12. The maximum Gasteiger partial charge on any atom is 0.234 e. The molecule has 0 bridgehead atoms. The lowest BCUT2D eigenvalue weighted by atomic mass is 10.0. The molecule has 0 heterocycles. The van der Waals surface area contributed by atoms with E-state index in [9.17, 15) is 4.79 Å². The highest BCUT2D eigenvalue weighted by atomic mass is 32.2. The van der Waals surface area contributed by atoms with Crippen LogP contribution in [0.5, 0.6) is 5.75 Å². The molecular formula is C21H19NO2S. The van der Waals surface area contributed by atoms with E-state index in [4.69, 9.17) is 4.74 Å². The molecule has 25 heavy (non-hydrogen) atoms. The molecule has 0 saturated heterocycles. The van der Waals surface area contributed by atoms with Crippen LogP contribution in [0.1, 0.15) is 11.1 Å². The number of hydrogen-bond acceptors (Lipinski definition) is 3. The van der Waals surface area contributed by atoms with Crippen LogP contribution in [0.15, 0.2) is 59.5 Å². The Morgan fingerprint density at radius 1 is 1.04 bits per heavy atom. The SMILES string of the molecule is COc1ccc(SCC(=O)Nc2ccc3c4c(cccc24)CC3)cc1. The zero-order valence-electron chi connectivity index (χ0n) is 14.0. The molecule has 4 heteroatoms. The Kier molecular flexibility index (Phi) is 4.36. The Balaban J connectivity index is 1.47. The van der Waals surface area contributed by atoms with Gasteiger partial charge in [-0.1, -0.05) is 24.3 Å². The first-order chi connectivity index (χ1) is 12.2. The zero-order chi connectivity index (χ0) is 17.2. The first-order valence-corrected chi connectivity index (χ1v) is 9.33. The quantitative estimate of drug-likeness (QED) is 0.680. The van der Waals surface area contributed by atoms with Gasteiger partial charge in [-0.15, -0.1) is 11.8 Å². The van der Waals surface area contributed by atoms with Gasteiger partial charge in [-0.2, -0.15) is 0 Å². The van der Waals surface area contributed by atoms with E-state index in [1.54, 1.807) is 7.11 Å². The van der Waals surface area contributed by atoms with Crippen molar-refractivity contribution < 1.29 is 9.53 Å². The minimum absolute atomic E-state index is 0.0134. The number of thioether (sulfide) groups is 1. The van der Waals surface area contributed by atoms with E-state index in [0.29, 0.717) is 5.75 Å². The monoisotopic (exact) mass is 349 g/mol. The molecule has 3 nitrogen and oxygen atoms in total. The molecule has 3 aromatic rings. The molecule has 4 rings (SSSR count). The Morgan fingerprint density at radius 2 is 1.80 bits per heavy atom. The minimum Gasteiger partial charge on any atom is -0.497 e. The number of rotatable bonds is 5. The lowest BCUT2D eigenvalue weighted by Crippen LogP contribution is -2.14. The first kappa shape index (κ1) is 16.0. The van der Waals surface area contributed by atoms with Crippen molar-refractivity contribution in [1.29, 1.82) is 0 Å². The molecule has 0 radical (unpaired) electrons. The summed E-state index contributed by atoms with van der Waals surface area (Å²) in [4.78, 5) is 13.4. The van der Waals surface area contributed by atoms with Crippen LogP contribution < -0.4 is 10.1 Å². The maximum absolute atomic E-state index is 12.4. The van der Waals surface area contributed by atoms with Crippen molar-refractivity contribution in [2.24, 2.45) is 0 Å². The van der Waals surface area contributed by atoms with Gasteiger partial charge < -0.3 is 10.1 Å². The number of nitrogens with one attached hydrogen (secondary N) is 1. The summed E-state index contributed by atoms with van der Waals surface area (Å²) in [5, 5.41) is 5.55. The van der Waals surface area contributed by atoms with E-state index in [-0.39, 0.29) is 5.91 Å². The highest BCUT2D eigenvalue weighted by Crippen LogP contribution is 2.35. The van der Waals surface area contributed by atoms with Crippen LogP contribution >= 0.6 is 11.8 Å². The number of carbonyl (C=O) groups is 1. The summed E-state index contributed by atoms with van der Waals surface area (Å²) in [6, 6.07) is 18.3. The van der Waals surface area contributed by atoms with Crippen LogP contribution in [0, 0.1) is 0 Å². The Bertz CT molecular complexity index is 924. The number of carbonyl (C=O) groups excluding carboxylic acids is 1. The molecule has 1 amide bonds. The average Bonchev–Trinajstić information content (AvgIpc) is 3.07. The van der Waals surface area contributed by atoms with Crippen molar-refractivity contribution >= 4 is 34.1 Å². The van der Waals surface area contributed by atoms with Crippen molar-refractivity contribution in [3.8, 4) is 5.75 Å². The van der Waals surface area contributed by atoms with Gasteiger partial charge in [0, 0.05) is 16.0 Å². The molecule has 3 aromatic carbocycles. The number of ether oxygens (including phenoxy) is 1. The van der Waals surface area contributed by atoms with Gasteiger partial charge in [0.05, 0.1) is 12.9 Å². The van der Waals surface area contributed by atoms with E-state index in [1.165, 1.54) is 28.3 Å². The number of benzene rings is 3. The number of methoxy groups -OCH3 is 1. The Labute approximate surface area is 151 Å². The van der Waals surface area contributed by atoms with Crippen LogP contribution in [0.25, 0.3) is 10.8 Å². The van der Waals surface area contributed by atoms with Gasteiger partial charge in [-0.3, -0.25) is 4.79 Å². The summed E-state index contributed by atoms with van der Waals surface area (Å²) in [6.45, 7) is 0. The molecule has 0 atom stereocenters. The number of amides is 1. The molecule has 0 spiro atoms. The van der Waals surface area contributed by atoms with Gasteiger partial charge in [-0.25, -0.2) is 0 Å². The largest absolute Gasteiger partial charge is 0.497 e. The number of aryl methyl sites for hydroxylation is 2. The first-order valence-electron chi connectivity index (χ1n) is 8.35. The lowest BCUT2D eigenvalue weighted by Gasteiger charge is -2.10. The van der Waals surface area contributed by atoms with Crippen molar-refractivity contribution in [2.75, 3.05) is 18.2 Å². The van der Waals surface area contributed by atoms with E-state index >= 15 is 0 Å². The molecule has 0 aromatic heterocycles. The third kappa shape index (κ3) is 3.22. The predicted octanol–water partition coefficient (Wildman–Crippen LogP) is 4.68. The average molecular weight is 349 g/mol. The molecule has 0 saturated carbocycles. The fourth-order valence-corrected chi connectivity index (χ4v) is 4.06. The molecule has 1 aliphatic rings. The maximum atomic E-state index is 12.4. The number of hydrogen-bond donors (Lipinski definition) is 1. The fraction of sp³-hybridized carbons (Fsp3) is 0.190. The summed E-state index contributed by atoms with van der Waals surface area (Å²) in [7, 11) is 1.65. The van der Waals surface area contributed by atoms with Crippen LogP contribution in [-0.4, -0.2) is 18.8 Å². The third-order valence-corrected chi connectivity index (χ3v) is 5.59. The molecular weight excluding hydrogens is 330 g/mol. The summed E-state index contributed by atoms with van der Waals surface area (Å²) in [6.07, 6.45) is 2.19. The van der Waals surface area contributed by atoms with Crippen molar-refractivity contribution in [1.82, 2.24) is 0 Å². The number of anilines is 1. The van der Waals surface area contributed by atoms with E-state index in [0.717, 1.165) is 34.6 Å². The van der Waals surface area contributed by atoms with Crippen molar-refractivity contribution in [3.63, 3.8) is 0 Å². The normalized spacial score (nSPS) is 12.4. The fourth-order valence-electron chi connectivity index (χ4n) is 3.36. The van der Waals surface area contributed by atoms with E-state index < -0.39 is 0 Å². The summed E-state index contributed by atoms with van der Waals surface area (Å²) in [5.74, 6) is 1.22. The molecule has 1 N–H and O–H groups in total. The summed E-state index contributed by atoms with van der Waals surface area (Å²) < 4.78 is 5.15. The summed E-state index contributed by atoms with van der Waals surface area (Å²) in [5.41, 5.74) is 3.68. The smallest absolute Gasteiger partial charge is 0.234 e. The zero-order valence-corrected chi connectivity index (χ0v) is 14.9. The van der Waals surface area contributed by atoms with E-state index in [1.807, 2.05) is 30.3 Å². The molecule has 1 aliphatic carbocycles. The molecule has 126 valence electrons. The van der Waals surface area contributed by atoms with Crippen LogP contribution in [0.4, 0.5) is 5.69 Å². The molecule has 0 fully saturated rings. The van der Waals surface area contributed by atoms with Crippen molar-refractivity contribution in [2.45, 2.75) is 17.7 Å². The van der Waals surface area contributed by atoms with Gasteiger partial charge in [0.25, 0.3) is 0 Å². The van der Waals surface area contributed by atoms with Gasteiger partial charge in [0.2, 0.25) is 5.91 Å². The third-order valence-electron chi connectivity index (χ3n) is 4.58. The Hall–Kier alpha value is -2.46. The van der Waals surface area contributed by atoms with Gasteiger partial charge in [0.15, 0.2) is 0 Å². The summed E-state index contributed by atoms with van der Waals surface area (Å²) >= 11 is 1.52. The van der Waals surface area contributed by atoms with Gasteiger partial charge in [0.1, 0.15) is 5.75 Å². The molecule has 0 aliphatic heterocycles. The van der Waals surface area contributed by atoms with Crippen LogP contribution in [-0.2, 0) is 17.6 Å². The van der Waals surface area contributed by atoms with Crippen LogP contribution in [0.2, 0.25) is 0 Å². The second kappa shape index (κ2) is 6.81. The lowest BCUT2D eigenvalue weighted by molar-refractivity contribution is -0.113. The van der Waals surface area contributed by atoms with E-state index in [2.05, 4.69) is 29.6 Å². The van der Waals surface area contributed by atoms with Crippen LogP contribution in [0.3, 0.4) is 0 Å². The predicted molar refractivity (Wildman–Crippen MR) is 104 cm³/mol.